The molecule has 0 bridgehead atoms. The second kappa shape index (κ2) is 7.21. The number of hydrogen-bond donors (Lipinski definition) is 1. The third-order valence-electron chi connectivity index (χ3n) is 4.95. The second-order valence-corrected chi connectivity index (χ2v) is 6.51. The molecule has 3 rings (SSSR count). The Kier molecular flexibility index (Phi) is 5.06. The summed E-state index contributed by atoms with van der Waals surface area (Å²) in [7, 11) is 0. The Balaban J connectivity index is 1.61. The van der Waals surface area contributed by atoms with Gasteiger partial charge in [0.05, 0.1) is 0 Å². The Morgan fingerprint density at radius 1 is 1.26 bits per heavy atom. The van der Waals surface area contributed by atoms with Gasteiger partial charge < -0.3 is 20.1 Å². The first-order chi connectivity index (χ1) is 11.2. The zero-order chi connectivity index (χ0) is 16.2. The van der Waals surface area contributed by atoms with E-state index in [1.807, 2.05) is 30.0 Å². The molecular weight excluding hydrogens is 292 g/mol. The standard InChI is InChI=1S/C18H26N2O3/c1-2-20(18(21)10-14-5-3-4-6-15(14)19)11-13-7-8-16-17(9-13)23-12-22-16/h7-9,14-15H,2-6,10-12,19H2,1H3. The zero-order valence-corrected chi connectivity index (χ0v) is 13.8. The molecule has 1 fully saturated rings. The highest BCUT2D eigenvalue weighted by molar-refractivity contribution is 5.76. The molecular formula is C18H26N2O3. The van der Waals surface area contributed by atoms with Gasteiger partial charge in [0.1, 0.15) is 0 Å². The van der Waals surface area contributed by atoms with Gasteiger partial charge in [-0.1, -0.05) is 18.9 Å². The number of hydrogen-bond acceptors (Lipinski definition) is 4. The van der Waals surface area contributed by atoms with E-state index in [2.05, 4.69) is 0 Å². The van der Waals surface area contributed by atoms with Crippen LogP contribution in [0.15, 0.2) is 18.2 Å². The molecule has 5 heteroatoms. The van der Waals surface area contributed by atoms with E-state index < -0.39 is 0 Å². The molecule has 1 aliphatic heterocycles. The van der Waals surface area contributed by atoms with E-state index in [-0.39, 0.29) is 18.7 Å². The highest BCUT2D eigenvalue weighted by Gasteiger charge is 2.26. The number of nitrogens with two attached hydrogens (primary N) is 1. The summed E-state index contributed by atoms with van der Waals surface area (Å²) in [6.07, 6.45) is 5.08. The molecule has 1 aliphatic carbocycles. The minimum absolute atomic E-state index is 0.178. The quantitative estimate of drug-likeness (QED) is 0.906. The van der Waals surface area contributed by atoms with Crippen LogP contribution in [0.1, 0.15) is 44.6 Å². The maximum absolute atomic E-state index is 12.6. The van der Waals surface area contributed by atoms with E-state index >= 15 is 0 Å². The molecule has 5 nitrogen and oxygen atoms in total. The van der Waals surface area contributed by atoms with Gasteiger partial charge in [-0.3, -0.25) is 4.79 Å². The van der Waals surface area contributed by atoms with Gasteiger partial charge >= 0.3 is 0 Å². The lowest BCUT2D eigenvalue weighted by Gasteiger charge is -2.30. The van der Waals surface area contributed by atoms with E-state index in [0.717, 1.165) is 29.9 Å². The molecule has 2 N–H and O–H groups in total. The van der Waals surface area contributed by atoms with Crippen LogP contribution in [-0.4, -0.2) is 30.2 Å². The first kappa shape index (κ1) is 16.1. The number of fused-ring (bicyclic) bond motifs is 1. The number of carbonyl (C=O) groups excluding carboxylic acids is 1. The summed E-state index contributed by atoms with van der Waals surface area (Å²) in [4.78, 5) is 14.5. The van der Waals surface area contributed by atoms with Crippen molar-refractivity contribution in [2.24, 2.45) is 11.7 Å². The van der Waals surface area contributed by atoms with Crippen LogP contribution < -0.4 is 15.2 Å². The van der Waals surface area contributed by atoms with Crippen molar-refractivity contribution in [3.63, 3.8) is 0 Å². The first-order valence-corrected chi connectivity index (χ1v) is 8.59. The molecule has 1 aromatic rings. The lowest BCUT2D eigenvalue weighted by molar-refractivity contribution is -0.133. The van der Waals surface area contributed by atoms with Crippen LogP contribution in [0.3, 0.4) is 0 Å². The van der Waals surface area contributed by atoms with Crippen molar-refractivity contribution in [1.82, 2.24) is 4.90 Å². The average molecular weight is 318 g/mol. The zero-order valence-electron chi connectivity index (χ0n) is 13.8. The Labute approximate surface area is 137 Å². The van der Waals surface area contributed by atoms with Gasteiger partial charge in [-0.15, -0.1) is 0 Å². The summed E-state index contributed by atoms with van der Waals surface area (Å²) in [5, 5.41) is 0. The molecule has 0 aromatic heterocycles. The number of nitrogens with zero attached hydrogens (tertiary/aromatic N) is 1. The van der Waals surface area contributed by atoms with Crippen LogP contribution in [0.5, 0.6) is 11.5 Å². The van der Waals surface area contributed by atoms with Gasteiger partial charge in [0.25, 0.3) is 0 Å². The van der Waals surface area contributed by atoms with E-state index in [9.17, 15) is 4.79 Å². The molecule has 2 atom stereocenters. The summed E-state index contributed by atoms with van der Waals surface area (Å²) in [6, 6.07) is 6.05. The lowest BCUT2D eigenvalue weighted by atomic mass is 9.82. The van der Waals surface area contributed by atoms with Gasteiger partial charge in [0, 0.05) is 25.6 Å². The fourth-order valence-corrected chi connectivity index (χ4v) is 3.48. The highest BCUT2D eigenvalue weighted by atomic mass is 16.7. The average Bonchev–Trinajstić information content (AvgIpc) is 3.02. The largest absolute Gasteiger partial charge is 0.454 e. The van der Waals surface area contributed by atoms with Crippen LogP contribution in [0.25, 0.3) is 0 Å². The van der Waals surface area contributed by atoms with Gasteiger partial charge in [0.2, 0.25) is 12.7 Å². The fourth-order valence-electron chi connectivity index (χ4n) is 3.48. The second-order valence-electron chi connectivity index (χ2n) is 6.51. The summed E-state index contributed by atoms with van der Waals surface area (Å²) < 4.78 is 10.7. The normalized spacial score (nSPS) is 22.9. The molecule has 2 unspecified atom stereocenters. The minimum atomic E-state index is 0.178. The highest BCUT2D eigenvalue weighted by Crippen LogP contribution is 2.33. The third-order valence-corrected chi connectivity index (χ3v) is 4.95. The maximum Gasteiger partial charge on any atom is 0.231 e. The number of ether oxygens (including phenoxy) is 2. The van der Waals surface area contributed by atoms with E-state index in [1.54, 1.807) is 0 Å². The van der Waals surface area contributed by atoms with Crippen molar-refractivity contribution in [1.29, 1.82) is 0 Å². The van der Waals surface area contributed by atoms with Crippen molar-refractivity contribution in [2.45, 2.75) is 51.6 Å². The molecule has 1 aromatic carbocycles. The number of benzene rings is 1. The van der Waals surface area contributed by atoms with Crippen LogP contribution in [0.2, 0.25) is 0 Å². The van der Waals surface area contributed by atoms with E-state index in [0.29, 0.717) is 25.4 Å². The summed E-state index contributed by atoms with van der Waals surface area (Å²) in [5.41, 5.74) is 7.25. The molecule has 1 saturated carbocycles. The van der Waals surface area contributed by atoms with Crippen molar-refractivity contribution in [2.75, 3.05) is 13.3 Å². The molecule has 0 spiro atoms. The summed E-state index contributed by atoms with van der Waals surface area (Å²) in [6.45, 7) is 3.60. The molecule has 23 heavy (non-hydrogen) atoms. The Hall–Kier alpha value is -1.75. The minimum Gasteiger partial charge on any atom is -0.454 e. The van der Waals surface area contributed by atoms with Crippen LogP contribution in [0.4, 0.5) is 0 Å². The molecule has 1 heterocycles. The molecule has 0 radical (unpaired) electrons. The maximum atomic E-state index is 12.6. The van der Waals surface area contributed by atoms with Crippen molar-refractivity contribution < 1.29 is 14.3 Å². The number of amides is 1. The van der Waals surface area contributed by atoms with Crippen molar-refractivity contribution >= 4 is 5.91 Å². The van der Waals surface area contributed by atoms with Crippen LogP contribution in [-0.2, 0) is 11.3 Å². The Morgan fingerprint density at radius 2 is 2.04 bits per heavy atom. The summed E-state index contributed by atoms with van der Waals surface area (Å²) in [5.74, 6) is 2.08. The van der Waals surface area contributed by atoms with Gasteiger partial charge in [-0.25, -0.2) is 0 Å². The smallest absolute Gasteiger partial charge is 0.231 e. The Morgan fingerprint density at radius 3 is 2.83 bits per heavy atom. The van der Waals surface area contributed by atoms with Gasteiger partial charge in [0.15, 0.2) is 11.5 Å². The monoisotopic (exact) mass is 318 g/mol. The van der Waals surface area contributed by atoms with Crippen molar-refractivity contribution in [3.8, 4) is 11.5 Å². The lowest BCUT2D eigenvalue weighted by Crippen LogP contribution is -2.38. The van der Waals surface area contributed by atoms with Crippen molar-refractivity contribution in [3.05, 3.63) is 23.8 Å². The topological polar surface area (TPSA) is 64.8 Å². The molecule has 1 amide bonds. The molecule has 2 aliphatic rings. The predicted molar refractivity (Wildman–Crippen MR) is 88.2 cm³/mol. The number of carbonyl (C=O) groups is 1. The molecule has 126 valence electrons. The number of rotatable bonds is 5. The van der Waals surface area contributed by atoms with Crippen LogP contribution >= 0.6 is 0 Å². The summed E-state index contributed by atoms with van der Waals surface area (Å²) >= 11 is 0. The SMILES string of the molecule is CCN(Cc1ccc2c(c1)OCO2)C(=O)CC1CCCCC1N. The van der Waals surface area contributed by atoms with E-state index in [4.69, 9.17) is 15.2 Å². The van der Waals surface area contributed by atoms with Gasteiger partial charge in [-0.2, -0.15) is 0 Å². The van der Waals surface area contributed by atoms with Crippen LogP contribution in [0, 0.1) is 5.92 Å². The third kappa shape index (κ3) is 3.78. The molecule has 0 saturated heterocycles. The Bertz CT molecular complexity index is 561. The predicted octanol–water partition coefficient (Wildman–Crippen LogP) is 2.67. The van der Waals surface area contributed by atoms with E-state index in [1.165, 1.54) is 12.8 Å². The van der Waals surface area contributed by atoms with Gasteiger partial charge in [-0.05, 0) is 43.4 Å². The fraction of sp³-hybridized carbons (Fsp3) is 0.611. The first-order valence-electron chi connectivity index (χ1n) is 8.59.